The standard InChI is InChI=1S/C10H21N5O/c1-2-7-15-9(13-14-10(15)16)8(12)5-3-4-6-11/h8H,2-7,11-12H2,1H3,(H,14,16)/t8-/m0/s1. The van der Waals surface area contributed by atoms with Crippen molar-refractivity contribution >= 4 is 0 Å². The molecule has 0 saturated heterocycles. The van der Waals surface area contributed by atoms with Gasteiger partial charge in [-0.3, -0.25) is 4.57 Å². The highest BCUT2D eigenvalue weighted by Gasteiger charge is 2.14. The minimum atomic E-state index is -0.183. The summed E-state index contributed by atoms with van der Waals surface area (Å²) in [5.41, 5.74) is 11.2. The molecule has 0 bridgehead atoms. The lowest BCUT2D eigenvalue weighted by Crippen LogP contribution is -2.23. The Morgan fingerprint density at radius 2 is 2.25 bits per heavy atom. The van der Waals surface area contributed by atoms with Crippen LogP contribution < -0.4 is 17.2 Å². The zero-order valence-electron chi connectivity index (χ0n) is 9.78. The smallest absolute Gasteiger partial charge is 0.330 e. The highest BCUT2D eigenvalue weighted by Crippen LogP contribution is 2.12. The zero-order valence-corrected chi connectivity index (χ0v) is 9.78. The number of aromatic amines is 1. The number of aromatic nitrogens is 3. The topological polar surface area (TPSA) is 103 Å². The Bertz CT molecular complexity index is 356. The van der Waals surface area contributed by atoms with Crippen molar-refractivity contribution in [2.24, 2.45) is 11.5 Å². The molecule has 1 atom stereocenters. The van der Waals surface area contributed by atoms with Crippen molar-refractivity contribution in [1.29, 1.82) is 0 Å². The molecular formula is C10H21N5O. The Balaban J connectivity index is 2.67. The Kier molecular flexibility index (Phi) is 5.21. The molecule has 1 rings (SSSR count). The summed E-state index contributed by atoms with van der Waals surface area (Å²) in [5.74, 6) is 0.656. The third-order valence-corrected chi connectivity index (χ3v) is 2.54. The average molecular weight is 227 g/mol. The number of nitrogens with two attached hydrogens (primary N) is 2. The molecule has 1 aromatic heterocycles. The molecule has 0 spiro atoms. The number of unbranched alkanes of at least 4 members (excludes halogenated alkanes) is 1. The van der Waals surface area contributed by atoms with Crippen molar-refractivity contribution in [2.45, 2.75) is 45.2 Å². The van der Waals surface area contributed by atoms with Crippen LogP contribution in [0.5, 0.6) is 0 Å². The van der Waals surface area contributed by atoms with Gasteiger partial charge in [-0.1, -0.05) is 13.3 Å². The molecule has 5 N–H and O–H groups in total. The fraction of sp³-hybridized carbons (Fsp3) is 0.800. The van der Waals surface area contributed by atoms with Crippen LogP contribution >= 0.6 is 0 Å². The van der Waals surface area contributed by atoms with E-state index < -0.39 is 0 Å². The Morgan fingerprint density at radius 1 is 1.50 bits per heavy atom. The maximum absolute atomic E-state index is 11.4. The van der Waals surface area contributed by atoms with Crippen LogP contribution in [0.4, 0.5) is 0 Å². The lowest BCUT2D eigenvalue weighted by atomic mass is 10.1. The van der Waals surface area contributed by atoms with Gasteiger partial charge in [0.25, 0.3) is 0 Å². The van der Waals surface area contributed by atoms with Gasteiger partial charge in [0.2, 0.25) is 0 Å². The maximum atomic E-state index is 11.4. The van der Waals surface area contributed by atoms with Crippen LogP contribution in [0.25, 0.3) is 0 Å². The lowest BCUT2D eigenvalue weighted by molar-refractivity contribution is 0.520. The van der Waals surface area contributed by atoms with Gasteiger partial charge >= 0.3 is 5.69 Å². The second-order valence-electron chi connectivity index (χ2n) is 3.93. The first-order valence-corrected chi connectivity index (χ1v) is 5.81. The highest BCUT2D eigenvalue weighted by molar-refractivity contribution is 4.93. The number of nitrogens with zero attached hydrogens (tertiary/aromatic N) is 2. The fourth-order valence-corrected chi connectivity index (χ4v) is 1.69. The molecule has 1 heterocycles. The van der Waals surface area contributed by atoms with E-state index >= 15 is 0 Å². The summed E-state index contributed by atoms with van der Waals surface area (Å²) in [5, 5.41) is 6.43. The highest BCUT2D eigenvalue weighted by atomic mass is 16.1. The van der Waals surface area contributed by atoms with E-state index in [2.05, 4.69) is 10.2 Å². The van der Waals surface area contributed by atoms with E-state index in [1.165, 1.54) is 0 Å². The normalized spacial score (nSPS) is 12.9. The predicted octanol–water partition coefficient (Wildman–Crippen LogP) is 0.110. The molecule has 0 aromatic carbocycles. The third-order valence-electron chi connectivity index (χ3n) is 2.54. The van der Waals surface area contributed by atoms with Crippen LogP contribution in [0.3, 0.4) is 0 Å². The monoisotopic (exact) mass is 227 g/mol. The molecule has 0 radical (unpaired) electrons. The molecule has 92 valence electrons. The second kappa shape index (κ2) is 6.44. The van der Waals surface area contributed by atoms with Crippen molar-refractivity contribution in [3.05, 3.63) is 16.3 Å². The summed E-state index contributed by atoms with van der Waals surface area (Å²) in [7, 11) is 0. The largest absolute Gasteiger partial charge is 0.343 e. The molecule has 0 aliphatic carbocycles. The summed E-state index contributed by atoms with van der Waals surface area (Å²) in [6.07, 6.45) is 3.62. The number of H-pyrrole nitrogens is 1. The van der Waals surface area contributed by atoms with E-state index in [-0.39, 0.29) is 11.7 Å². The second-order valence-corrected chi connectivity index (χ2v) is 3.93. The van der Waals surface area contributed by atoms with E-state index in [1.54, 1.807) is 4.57 Å². The van der Waals surface area contributed by atoms with Crippen LogP contribution in [-0.4, -0.2) is 21.3 Å². The van der Waals surface area contributed by atoms with E-state index in [0.717, 1.165) is 25.7 Å². The molecule has 16 heavy (non-hydrogen) atoms. The van der Waals surface area contributed by atoms with Crippen LogP contribution in [0.1, 0.15) is 44.5 Å². The Labute approximate surface area is 95.0 Å². The number of hydrogen-bond donors (Lipinski definition) is 3. The van der Waals surface area contributed by atoms with Crippen molar-refractivity contribution in [2.75, 3.05) is 6.54 Å². The van der Waals surface area contributed by atoms with Crippen molar-refractivity contribution < 1.29 is 0 Å². The molecule has 6 heteroatoms. The van der Waals surface area contributed by atoms with Gasteiger partial charge in [0.15, 0.2) is 0 Å². The first-order valence-electron chi connectivity index (χ1n) is 5.81. The minimum Gasteiger partial charge on any atom is -0.330 e. The lowest BCUT2D eigenvalue weighted by Gasteiger charge is -2.11. The van der Waals surface area contributed by atoms with Gasteiger partial charge in [0.05, 0.1) is 6.04 Å². The van der Waals surface area contributed by atoms with Crippen LogP contribution in [-0.2, 0) is 6.54 Å². The SMILES string of the molecule is CCCn1c([C@@H](N)CCCCN)n[nH]c1=O. The molecule has 0 amide bonds. The van der Waals surface area contributed by atoms with Crippen molar-refractivity contribution in [1.82, 2.24) is 14.8 Å². The summed E-state index contributed by atoms with van der Waals surface area (Å²) < 4.78 is 1.62. The van der Waals surface area contributed by atoms with Gasteiger partial charge in [-0.25, -0.2) is 9.89 Å². The van der Waals surface area contributed by atoms with Gasteiger partial charge in [-0.05, 0) is 25.8 Å². The molecule has 0 aliphatic heterocycles. The minimum absolute atomic E-state index is 0.175. The fourth-order valence-electron chi connectivity index (χ4n) is 1.69. The summed E-state index contributed by atoms with van der Waals surface area (Å²) in [4.78, 5) is 11.4. The predicted molar refractivity (Wildman–Crippen MR) is 63.0 cm³/mol. The maximum Gasteiger partial charge on any atom is 0.343 e. The molecule has 1 aromatic rings. The molecular weight excluding hydrogens is 206 g/mol. The number of hydrogen-bond acceptors (Lipinski definition) is 4. The first kappa shape index (κ1) is 12.9. The molecule has 6 nitrogen and oxygen atoms in total. The quantitative estimate of drug-likeness (QED) is 0.575. The van der Waals surface area contributed by atoms with Crippen LogP contribution in [0.15, 0.2) is 4.79 Å². The first-order chi connectivity index (χ1) is 7.70. The van der Waals surface area contributed by atoms with E-state index in [4.69, 9.17) is 11.5 Å². The summed E-state index contributed by atoms with van der Waals surface area (Å²) in [6.45, 7) is 3.35. The van der Waals surface area contributed by atoms with Gasteiger partial charge in [-0.2, -0.15) is 5.10 Å². The summed E-state index contributed by atoms with van der Waals surface area (Å²) in [6, 6.07) is -0.183. The number of rotatable bonds is 7. The average Bonchev–Trinajstić information content (AvgIpc) is 2.62. The van der Waals surface area contributed by atoms with Crippen molar-refractivity contribution in [3.63, 3.8) is 0 Å². The van der Waals surface area contributed by atoms with Crippen LogP contribution in [0.2, 0.25) is 0 Å². The third kappa shape index (κ3) is 3.18. The van der Waals surface area contributed by atoms with Crippen LogP contribution in [0, 0.1) is 0 Å². The Morgan fingerprint density at radius 3 is 2.88 bits per heavy atom. The Hall–Kier alpha value is -1.14. The summed E-state index contributed by atoms with van der Waals surface area (Å²) >= 11 is 0. The van der Waals surface area contributed by atoms with Gasteiger partial charge in [-0.15, -0.1) is 0 Å². The zero-order chi connectivity index (χ0) is 12.0. The van der Waals surface area contributed by atoms with E-state index in [9.17, 15) is 4.79 Å². The van der Waals surface area contributed by atoms with Gasteiger partial charge < -0.3 is 11.5 Å². The number of nitrogens with one attached hydrogen (secondary N) is 1. The van der Waals surface area contributed by atoms with E-state index in [0.29, 0.717) is 18.9 Å². The van der Waals surface area contributed by atoms with E-state index in [1.807, 2.05) is 6.92 Å². The van der Waals surface area contributed by atoms with Gasteiger partial charge in [0, 0.05) is 6.54 Å². The molecule has 0 aliphatic rings. The molecule has 0 saturated carbocycles. The molecule has 0 fully saturated rings. The van der Waals surface area contributed by atoms with Crippen molar-refractivity contribution in [3.8, 4) is 0 Å². The van der Waals surface area contributed by atoms with Gasteiger partial charge in [0.1, 0.15) is 5.82 Å². The molecule has 0 unspecified atom stereocenters.